The van der Waals surface area contributed by atoms with Gasteiger partial charge in [0.1, 0.15) is 0 Å². The molecule has 0 rings (SSSR count). The second-order valence-corrected chi connectivity index (χ2v) is 5.08. The fourth-order valence-corrected chi connectivity index (χ4v) is 2.01. The van der Waals surface area contributed by atoms with Gasteiger partial charge in [0, 0.05) is 6.66 Å². The standard InChI is InChI=1S/C9H20FO2P/c1-4-6-7-8-9(5-2)12-13(3,10)11/h9H,4-8H2,1-3H3. The minimum Gasteiger partial charge on any atom is -0.302 e. The van der Waals surface area contributed by atoms with Crippen molar-refractivity contribution >= 4 is 7.68 Å². The fraction of sp³-hybridized carbons (Fsp3) is 1.00. The van der Waals surface area contributed by atoms with Crippen molar-refractivity contribution in [1.29, 1.82) is 0 Å². The van der Waals surface area contributed by atoms with E-state index in [1.165, 1.54) is 0 Å². The zero-order valence-electron chi connectivity index (χ0n) is 8.75. The molecule has 2 atom stereocenters. The predicted octanol–water partition coefficient (Wildman–Crippen LogP) is 4.15. The zero-order valence-corrected chi connectivity index (χ0v) is 9.65. The van der Waals surface area contributed by atoms with E-state index in [0.717, 1.165) is 38.8 Å². The molecule has 0 aliphatic rings. The Morgan fingerprint density at radius 3 is 2.38 bits per heavy atom. The van der Waals surface area contributed by atoms with Crippen LogP contribution in [0.15, 0.2) is 0 Å². The SMILES string of the molecule is CCCCCC(CC)OP(C)(=O)F. The van der Waals surface area contributed by atoms with Gasteiger partial charge in [-0.2, -0.15) is 4.20 Å². The van der Waals surface area contributed by atoms with Crippen molar-refractivity contribution in [1.82, 2.24) is 0 Å². The third kappa shape index (κ3) is 8.45. The maximum atomic E-state index is 12.7. The van der Waals surface area contributed by atoms with Crippen molar-refractivity contribution in [2.45, 2.75) is 52.1 Å². The first-order valence-corrected chi connectivity index (χ1v) is 6.91. The summed E-state index contributed by atoms with van der Waals surface area (Å²) in [5.41, 5.74) is 0. The molecule has 0 aromatic rings. The summed E-state index contributed by atoms with van der Waals surface area (Å²) in [7, 11) is -3.79. The molecule has 0 bridgehead atoms. The quantitative estimate of drug-likeness (QED) is 0.466. The van der Waals surface area contributed by atoms with Crippen LogP contribution in [0.5, 0.6) is 0 Å². The molecule has 0 amide bonds. The van der Waals surface area contributed by atoms with E-state index in [0.29, 0.717) is 0 Å². The lowest BCUT2D eigenvalue weighted by Gasteiger charge is -2.16. The molecule has 2 unspecified atom stereocenters. The van der Waals surface area contributed by atoms with Crippen molar-refractivity contribution in [2.75, 3.05) is 6.66 Å². The normalized spacial score (nSPS) is 18.2. The van der Waals surface area contributed by atoms with Crippen LogP contribution in [-0.4, -0.2) is 12.8 Å². The summed E-state index contributed by atoms with van der Waals surface area (Å²) >= 11 is 0. The molecule has 0 radical (unpaired) electrons. The van der Waals surface area contributed by atoms with Gasteiger partial charge >= 0.3 is 7.68 Å². The Hall–Kier alpha value is 0.120. The third-order valence-electron chi connectivity index (χ3n) is 1.92. The van der Waals surface area contributed by atoms with Gasteiger partial charge in [-0.05, 0) is 12.8 Å². The topological polar surface area (TPSA) is 26.3 Å². The molecule has 0 spiro atoms. The van der Waals surface area contributed by atoms with Crippen LogP contribution in [0.3, 0.4) is 0 Å². The number of halogens is 1. The van der Waals surface area contributed by atoms with Gasteiger partial charge in [-0.15, -0.1) is 0 Å². The lowest BCUT2D eigenvalue weighted by atomic mass is 10.1. The molecule has 2 nitrogen and oxygen atoms in total. The Balaban J connectivity index is 3.70. The summed E-state index contributed by atoms with van der Waals surface area (Å²) < 4.78 is 28.2. The van der Waals surface area contributed by atoms with Gasteiger partial charge in [-0.3, -0.25) is 4.57 Å². The summed E-state index contributed by atoms with van der Waals surface area (Å²) in [6.07, 6.45) is 4.65. The highest BCUT2D eigenvalue weighted by atomic mass is 31.2. The smallest absolute Gasteiger partial charge is 0.302 e. The maximum absolute atomic E-state index is 12.7. The average Bonchev–Trinajstić information content (AvgIpc) is 2.01. The highest BCUT2D eigenvalue weighted by Gasteiger charge is 2.19. The predicted molar refractivity (Wildman–Crippen MR) is 53.9 cm³/mol. The Labute approximate surface area is 80.4 Å². The summed E-state index contributed by atoms with van der Waals surface area (Å²) in [6.45, 7) is 5.06. The second-order valence-electron chi connectivity index (χ2n) is 3.38. The minimum absolute atomic E-state index is 0.174. The van der Waals surface area contributed by atoms with E-state index in [1.54, 1.807) is 0 Å². The lowest BCUT2D eigenvalue weighted by Crippen LogP contribution is -2.08. The maximum Gasteiger partial charge on any atom is 0.364 e. The van der Waals surface area contributed by atoms with E-state index in [-0.39, 0.29) is 6.10 Å². The number of unbranched alkanes of at least 4 members (excludes halogenated alkanes) is 2. The van der Waals surface area contributed by atoms with Crippen molar-refractivity contribution in [3.8, 4) is 0 Å². The van der Waals surface area contributed by atoms with E-state index < -0.39 is 7.68 Å². The largest absolute Gasteiger partial charge is 0.364 e. The van der Waals surface area contributed by atoms with Crippen LogP contribution in [0.1, 0.15) is 46.0 Å². The minimum atomic E-state index is -3.79. The van der Waals surface area contributed by atoms with Gasteiger partial charge in [0.25, 0.3) is 0 Å². The Bertz CT molecular complexity index is 167. The molecule has 80 valence electrons. The van der Waals surface area contributed by atoms with Crippen LogP contribution in [0.4, 0.5) is 4.20 Å². The van der Waals surface area contributed by atoms with Crippen molar-refractivity contribution in [3.05, 3.63) is 0 Å². The second kappa shape index (κ2) is 6.56. The first-order chi connectivity index (χ1) is 5.99. The van der Waals surface area contributed by atoms with Crippen molar-refractivity contribution < 1.29 is 13.3 Å². The van der Waals surface area contributed by atoms with Crippen LogP contribution in [0, 0.1) is 0 Å². The molecule has 0 fully saturated rings. The van der Waals surface area contributed by atoms with Gasteiger partial charge in [0.05, 0.1) is 6.10 Å². The van der Waals surface area contributed by atoms with Gasteiger partial charge < -0.3 is 4.52 Å². The fourth-order valence-electron chi connectivity index (χ4n) is 1.22. The molecule has 0 heterocycles. The van der Waals surface area contributed by atoms with Gasteiger partial charge in [-0.25, -0.2) is 0 Å². The first kappa shape index (κ1) is 13.1. The van der Waals surface area contributed by atoms with E-state index in [1.807, 2.05) is 6.92 Å². The molecule has 0 saturated carbocycles. The van der Waals surface area contributed by atoms with Crippen molar-refractivity contribution in [2.24, 2.45) is 0 Å². The first-order valence-electron chi connectivity index (χ1n) is 4.95. The molecule has 13 heavy (non-hydrogen) atoms. The monoisotopic (exact) mass is 210 g/mol. The van der Waals surface area contributed by atoms with Gasteiger partial charge in [-0.1, -0.05) is 33.1 Å². The highest BCUT2D eigenvalue weighted by Crippen LogP contribution is 2.46. The third-order valence-corrected chi connectivity index (χ3v) is 2.60. The van der Waals surface area contributed by atoms with E-state index in [2.05, 4.69) is 6.92 Å². The van der Waals surface area contributed by atoms with Gasteiger partial charge in [0.2, 0.25) is 0 Å². The lowest BCUT2D eigenvalue weighted by molar-refractivity contribution is 0.173. The number of hydrogen-bond donors (Lipinski definition) is 0. The molecular weight excluding hydrogens is 190 g/mol. The zero-order chi connectivity index (χ0) is 10.3. The molecule has 0 aromatic carbocycles. The van der Waals surface area contributed by atoms with Crippen LogP contribution in [0.25, 0.3) is 0 Å². The molecule has 0 saturated heterocycles. The van der Waals surface area contributed by atoms with Crippen LogP contribution >= 0.6 is 7.68 Å². The summed E-state index contributed by atoms with van der Waals surface area (Å²) in [6, 6.07) is 0. The Morgan fingerprint density at radius 1 is 1.38 bits per heavy atom. The van der Waals surface area contributed by atoms with E-state index in [4.69, 9.17) is 4.52 Å². The van der Waals surface area contributed by atoms with Crippen LogP contribution < -0.4 is 0 Å². The van der Waals surface area contributed by atoms with Crippen molar-refractivity contribution in [3.63, 3.8) is 0 Å². The molecule has 0 N–H and O–H groups in total. The number of hydrogen-bond acceptors (Lipinski definition) is 2. The summed E-state index contributed by atoms with van der Waals surface area (Å²) in [5, 5.41) is 0. The van der Waals surface area contributed by atoms with Crippen LogP contribution in [-0.2, 0) is 9.09 Å². The van der Waals surface area contributed by atoms with Crippen LogP contribution in [0.2, 0.25) is 0 Å². The molecule has 0 aromatic heterocycles. The van der Waals surface area contributed by atoms with E-state index in [9.17, 15) is 8.76 Å². The van der Waals surface area contributed by atoms with E-state index >= 15 is 0 Å². The molecular formula is C9H20FO2P. The molecule has 0 aliphatic carbocycles. The average molecular weight is 210 g/mol. The Kier molecular flexibility index (Phi) is 6.62. The Morgan fingerprint density at radius 2 is 2.00 bits per heavy atom. The number of rotatable bonds is 7. The molecule has 0 aliphatic heterocycles. The van der Waals surface area contributed by atoms with Gasteiger partial charge in [0.15, 0.2) is 0 Å². The molecule has 4 heteroatoms. The summed E-state index contributed by atoms with van der Waals surface area (Å²) in [4.78, 5) is 0. The highest BCUT2D eigenvalue weighted by molar-refractivity contribution is 7.52. The summed E-state index contributed by atoms with van der Waals surface area (Å²) in [5.74, 6) is 0.